The second-order valence-corrected chi connectivity index (χ2v) is 6.41. The smallest absolute Gasteiger partial charge is 0.0318 e. The van der Waals surface area contributed by atoms with Crippen LogP contribution < -0.4 is 5.73 Å². The summed E-state index contributed by atoms with van der Waals surface area (Å²) < 4.78 is 2.18. The van der Waals surface area contributed by atoms with E-state index in [-0.39, 0.29) is 0 Å². The van der Waals surface area contributed by atoms with Crippen molar-refractivity contribution in [3.63, 3.8) is 0 Å². The van der Waals surface area contributed by atoms with Crippen molar-refractivity contribution < 1.29 is 0 Å². The molecule has 88 valence electrons. The molecule has 17 heavy (non-hydrogen) atoms. The summed E-state index contributed by atoms with van der Waals surface area (Å²) in [6, 6.07) is 14.5. The third kappa shape index (κ3) is 3.58. The lowest BCUT2D eigenvalue weighted by molar-refractivity contribution is 1.06. The van der Waals surface area contributed by atoms with Crippen LogP contribution in [-0.4, -0.2) is 0 Å². The van der Waals surface area contributed by atoms with Crippen LogP contribution in [0.1, 0.15) is 5.56 Å². The van der Waals surface area contributed by atoms with Crippen LogP contribution in [0.4, 0.5) is 0 Å². The third-order valence-corrected chi connectivity index (χ3v) is 4.73. The predicted octanol–water partition coefficient (Wildman–Crippen LogP) is 4.82. The van der Waals surface area contributed by atoms with E-state index >= 15 is 0 Å². The van der Waals surface area contributed by atoms with Crippen molar-refractivity contribution in [1.29, 1.82) is 0 Å². The number of benzene rings is 2. The number of nitrogens with two attached hydrogens (primary N) is 1. The van der Waals surface area contributed by atoms with E-state index in [4.69, 9.17) is 5.73 Å². The fraction of sp³-hybridized carbons (Fsp3) is 0.0769. The zero-order valence-corrected chi connectivity index (χ0v) is 13.0. The molecule has 2 rings (SSSR count). The number of halogens is 2. The third-order valence-electron chi connectivity index (χ3n) is 2.26. The van der Waals surface area contributed by atoms with Crippen molar-refractivity contribution in [3.8, 4) is 0 Å². The highest BCUT2D eigenvalue weighted by atomic mass is 79.9. The SMILES string of the molecule is NCc1ccc(Sc2cccc(Br)c2)c(Br)c1. The van der Waals surface area contributed by atoms with Gasteiger partial charge in [0.2, 0.25) is 0 Å². The van der Waals surface area contributed by atoms with Crippen molar-refractivity contribution in [1.82, 2.24) is 0 Å². The summed E-state index contributed by atoms with van der Waals surface area (Å²) >= 11 is 8.78. The molecule has 0 unspecified atom stereocenters. The minimum absolute atomic E-state index is 0.570. The fourth-order valence-electron chi connectivity index (χ4n) is 1.41. The number of hydrogen-bond acceptors (Lipinski definition) is 2. The van der Waals surface area contributed by atoms with E-state index in [2.05, 4.69) is 62.2 Å². The molecular weight excluding hydrogens is 362 g/mol. The Morgan fingerprint density at radius 1 is 1.06 bits per heavy atom. The molecule has 0 saturated heterocycles. The lowest BCUT2D eigenvalue weighted by Gasteiger charge is -2.06. The highest BCUT2D eigenvalue weighted by molar-refractivity contribution is 9.10. The highest BCUT2D eigenvalue weighted by Gasteiger charge is 2.03. The summed E-state index contributed by atoms with van der Waals surface area (Å²) in [4.78, 5) is 2.40. The van der Waals surface area contributed by atoms with E-state index in [1.165, 1.54) is 9.79 Å². The van der Waals surface area contributed by atoms with Crippen LogP contribution in [0.25, 0.3) is 0 Å². The van der Waals surface area contributed by atoms with Crippen LogP contribution in [0.15, 0.2) is 61.2 Å². The Kier molecular flexibility index (Phi) is 4.68. The van der Waals surface area contributed by atoms with Gasteiger partial charge in [0.1, 0.15) is 0 Å². The van der Waals surface area contributed by atoms with E-state index < -0.39 is 0 Å². The van der Waals surface area contributed by atoms with Crippen molar-refractivity contribution in [2.45, 2.75) is 16.3 Å². The molecule has 1 nitrogen and oxygen atoms in total. The Morgan fingerprint density at radius 3 is 2.53 bits per heavy atom. The maximum absolute atomic E-state index is 5.61. The second kappa shape index (κ2) is 6.05. The summed E-state index contributed by atoms with van der Waals surface area (Å²) in [7, 11) is 0. The van der Waals surface area contributed by atoms with Crippen LogP contribution in [-0.2, 0) is 6.54 Å². The lowest BCUT2D eigenvalue weighted by Crippen LogP contribution is -1.95. The first-order chi connectivity index (χ1) is 8.19. The molecule has 0 saturated carbocycles. The molecule has 0 heterocycles. The van der Waals surface area contributed by atoms with Crippen molar-refractivity contribution in [2.24, 2.45) is 5.73 Å². The molecule has 4 heteroatoms. The maximum atomic E-state index is 5.61. The number of rotatable bonds is 3. The van der Waals surface area contributed by atoms with E-state index in [1.807, 2.05) is 12.1 Å². The molecular formula is C13H11Br2NS. The van der Waals surface area contributed by atoms with E-state index in [9.17, 15) is 0 Å². The maximum Gasteiger partial charge on any atom is 0.0318 e. The summed E-state index contributed by atoms with van der Waals surface area (Å²) in [5, 5.41) is 0. The molecule has 0 aliphatic heterocycles. The van der Waals surface area contributed by atoms with Crippen molar-refractivity contribution >= 4 is 43.6 Å². The molecule has 0 aromatic heterocycles. The highest BCUT2D eigenvalue weighted by Crippen LogP contribution is 2.34. The molecule has 2 aromatic rings. The van der Waals surface area contributed by atoms with Crippen molar-refractivity contribution in [3.05, 3.63) is 57.0 Å². The van der Waals surface area contributed by atoms with Gasteiger partial charge in [-0.2, -0.15) is 0 Å². The van der Waals surface area contributed by atoms with Crippen molar-refractivity contribution in [2.75, 3.05) is 0 Å². The molecule has 0 aliphatic carbocycles. The minimum atomic E-state index is 0.570. The first-order valence-corrected chi connectivity index (χ1v) is 7.51. The van der Waals surface area contributed by atoms with E-state index in [0.29, 0.717) is 6.54 Å². The second-order valence-electron chi connectivity index (χ2n) is 3.53. The zero-order chi connectivity index (χ0) is 12.3. The lowest BCUT2D eigenvalue weighted by atomic mass is 10.2. The molecule has 0 spiro atoms. The van der Waals surface area contributed by atoms with Crippen LogP contribution in [0.2, 0.25) is 0 Å². The zero-order valence-electron chi connectivity index (χ0n) is 8.99. The summed E-state index contributed by atoms with van der Waals surface area (Å²) in [5.74, 6) is 0. The monoisotopic (exact) mass is 371 g/mol. The molecule has 2 aromatic carbocycles. The summed E-state index contributed by atoms with van der Waals surface area (Å²) in [6.45, 7) is 0.570. The summed E-state index contributed by atoms with van der Waals surface area (Å²) in [6.07, 6.45) is 0. The van der Waals surface area contributed by atoms with Crippen LogP contribution in [0.3, 0.4) is 0 Å². The number of hydrogen-bond donors (Lipinski definition) is 1. The van der Waals surface area contributed by atoms with Gasteiger partial charge in [-0.25, -0.2) is 0 Å². The van der Waals surface area contributed by atoms with Gasteiger partial charge in [-0.15, -0.1) is 0 Å². The fourth-order valence-corrected chi connectivity index (χ4v) is 3.51. The van der Waals surface area contributed by atoms with Gasteiger partial charge in [0.15, 0.2) is 0 Å². The largest absolute Gasteiger partial charge is 0.326 e. The Balaban J connectivity index is 2.24. The van der Waals surface area contributed by atoms with Gasteiger partial charge in [-0.3, -0.25) is 0 Å². The predicted molar refractivity (Wildman–Crippen MR) is 80.3 cm³/mol. The van der Waals surface area contributed by atoms with Gasteiger partial charge in [0.05, 0.1) is 0 Å². The average Bonchev–Trinajstić information content (AvgIpc) is 2.32. The van der Waals surface area contributed by atoms with Crippen LogP contribution in [0, 0.1) is 0 Å². The van der Waals surface area contributed by atoms with Gasteiger partial charge in [-0.1, -0.05) is 39.8 Å². The molecule has 2 N–H and O–H groups in total. The first kappa shape index (κ1) is 13.1. The minimum Gasteiger partial charge on any atom is -0.326 e. The summed E-state index contributed by atoms with van der Waals surface area (Å²) in [5.41, 5.74) is 6.74. The van der Waals surface area contributed by atoms with Gasteiger partial charge < -0.3 is 5.73 Å². The first-order valence-electron chi connectivity index (χ1n) is 5.11. The molecule has 0 bridgehead atoms. The average molecular weight is 373 g/mol. The normalized spacial score (nSPS) is 10.5. The molecule has 0 atom stereocenters. The molecule has 0 aliphatic rings. The van der Waals surface area contributed by atoms with Gasteiger partial charge in [0.25, 0.3) is 0 Å². The quantitative estimate of drug-likeness (QED) is 0.835. The van der Waals surface area contributed by atoms with Crippen LogP contribution in [0.5, 0.6) is 0 Å². The van der Waals surface area contributed by atoms with Crippen LogP contribution >= 0.6 is 43.6 Å². The van der Waals surface area contributed by atoms with Gasteiger partial charge in [0, 0.05) is 25.3 Å². The molecule has 0 radical (unpaired) electrons. The molecule has 0 amide bonds. The Hall–Kier alpha value is -0.290. The van der Waals surface area contributed by atoms with Gasteiger partial charge >= 0.3 is 0 Å². The Bertz CT molecular complexity index is 529. The Morgan fingerprint density at radius 2 is 1.88 bits per heavy atom. The van der Waals surface area contributed by atoms with E-state index in [1.54, 1.807) is 11.8 Å². The topological polar surface area (TPSA) is 26.0 Å². The van der Waals surface area contributed by atoms with Gasteiger partial charge in [-0.05, 0) is 51.8 Å². The van der Waals surface area contributed by atoms with E-state index in [0.717, 1.165) is 14.5 Å². The molecule has 0 fully saturated rings. The standard InChI is InChI=1S/C13H11Br2NS/c14-10-2-1-3-11(7-10)17-13-5-4-9(8-16)6-12(13)15/h1-7H,8,16H2. The Labute approximate surface area is 122 Å².